The van der Waals surface area contributed by atoms with Gasteiger partial charge in [0.2, 0.25) is 0 Å². The van der Waals surface area contributed by atoms with E-state index in [1.165, 1.54) is 13.0 Å². The Kier molecular flexibility index (Phi) is 5.39. The van der Waals surface area contributed by atoms with Crippen LogP contribution in [-0.4, -0.2) is 18.0 Å². The summed E-state index contributed by atoms with van der Waals surface area (Å²) in [5, 5.41) is 3.13. The maximum absolute atomic E-state index is 11.7. The van der Waals surface area contributed by atoms with Crippen molar-refractivity contribution < 1.29 is 14.3 Å². The van der Waals surface area contributed by atoms with Crippen molar-refractivity contribution in [2.24, 2.45) is 0 Å². The smallest absolute Gasteiger partial charge is 0.331 e. The number of amides is 1. The Labute approximate surface area is 111 Å². The van der Waals surface area contributed by atoms with E-state index in [2.05, 4.69) is 5.32 Å². The zero-order valence-corrected chi connectivity index (χ0v) is 10.9. The monoisotopic (exact) mass is 267 g/mol. The molecule has 0 saturated heterocycles. The number of anilines is 1. The Morgan fingerprint density at radius 2 is 2.17 bits per heavy atom. The summed E-state index contributed by atoms with van der Waals surface area (Å²) < 4.78 is 4.88. The maximum Gasteiger partial charge on any atom is 0.331 e. The molecule has 0 aliphatic heterocycles. The zero-order chi connectivity index (χ0) is 13.5. The summed E-state index contributed by atoms with van der Waals surface area (Å²) in [5.41, 5.74) is 0.557. The summed E-state index contributed by atoms with van der Waals surface area (Å²) in [5.74, 6) is -0.957. The molecule has 96 valence electrons. The van der Waals surface area contributed by atoms with Gasteiger partial charge >= 0.3 is 5.97 Å². The maximum atomic E-state index is 11.7. The topological polar surface area (TPSA) is 55.4 Å². The predicted molar refractivity (Wildman–Crippen MR) is 70.4 cm³/mol. The van der Waals surface area contributed by atoms with E-state index in [0.717, 1.165) is 0 Å². The van der Waals surface area contributed by atoms with Gasteiger partial charge in [-0.3, -0.25) is 4.79 Å². The third-order valence-corrected chi connectivity index (χ3v) is 2.29. The molecule has 0 unspecified atom stereocenters. The summed E-state index contributed by atoms with van der Waals surface area (Å²) in [4.78, 5) is 22.9. The molecule has 0 heterocycles. The highest BCUT2D eigenvalue weighted by Gasteiger charge is 2.16. The number of allylic oxidation sites excluding steroid dienone is 1. The van der Waals surface area contributed by atoms with Gasteiger partial charge < -0.3 is 10.1 Å². The lowest BCUT2D eigenvalue weighted by atomic mass is 10.3. The number of carbonyl (C=O) groups excluding carboxylic acids is 2. The number of hydrogen-bond acceptors (Lipinski definition) is 3. The van der Waals surface area contributed by atoms with Crippen molar-refractivity contribution >= 4 is 29.2 Å². The second kappa shape index (κ2) is 6.81. The molecule has 18 heavy (non-hydrogen) atoms. The van der Waals surface area contributed by atoms with Gasteiger partial charge in [-0.2, -0.15) is 0 Å². The molecular formula is C13H14ClNO3. The van der Waals surface area contributed by atoms with Crippen molar-refractivity contribution in [3.63, 3.8) is 0 Å². The second-order valence-corrected chi connectivity index (χ2v) is 4.02. The molecule has 5 heteroatoms. The summed E-state index contributed by atoms with van der Waals surface area (Å²) in [7, 11) is 0. The van der Waals surface area contributed by atoms with E-state index in [1.807, 2.05) is 0 Å². The molecular weight excluding hydrogens is 254 g/mol. The van der Waals surface area contributed by atoms with Crippen LogP contribution < -0.4 is 5.32 Å². The predicted octanol–water partition coefficient (Wildman–Crippen LogP) is 2.79. The van der Waals surface area contributed by atoms with Crippen molar-refractivity contribution in [3.05, 3.63) is 41.4 Å². The first-order valence-corrected chi connectivity index (χ1v) is 5.80. The number of carbonyl (C=O) groups is 2. The highest BCUT2D eigenvalue weighted by Crippen LogP contribution is 2.15. The standard InChI is InChI=1S/C13H14ClNO3/c1-3-5-12(16)18-9(2)13(17)15-11-7-4-6-10(14)8-11/h3-9H,1-2H3,(H,15,17)/b5-3+/t9-/m1/s1. The van der Waals surface area contributed by atoms with Gasteiger partial charge in [-0.15, -0.1) is 0 Å². The molecule has 0 spiro atoms. The number of benzene rings is 1. The molecule has 1 aromatic rings. The molecule has 1 N–H and O–H groups in total. The van der Waals surface area contributed by atoms with Gasteiger partial charge in [0.25, 0.3) is 5.91 Å². The van der Waals surface area contributed by atoms with Crippen molar-refractivity contribution in [1.29, 1.82) is 0 Å². The van der Waals surface area contributed by atoms with Crippen LogP contribution in [0.2, 0.25) is 5.02 Å². The Morgan fingerprint density at radius 3 is 2.78 bits per heavy atom. The lowest BCUT2D eigenvalue weighted by Gasteiger charge is -2.12. The molecule has 1 amide bonds. The minimum atomic E-state index is -0.868. The fraction of sp³-hybridized carbons (Fsp3) is 0.231. The Hall–Kier alpha value is -1.81. The third-order valence-electron chi connectivity index (χ3n) is 2.06. The van der Waals surface area contributed by atoms with Crippen molar-refractivity contribution in [2.45, 2.75) is 20.0 Å². The molecule has 4 nitrogen and oxygen atoms in total. The molecule has 1 atom stereocenters. The van der Waals surface area contributed by atoms with E-state index in [0.29, 0.717) is 10.7 Å². The normalized spacial score (nSPS) is 12.2. The minimum Gasteiger partial charge on any atom is -0.449 e. The van der Waals surface area contributed by atoms with Gasteiger partial charge in [-0.25, -0.2) is 4.79 Å². The van der Waals surface area contributed by atoms with Gasteiger partial charge in [0.05, 0.1) is 0 Å². The summed E-state index contributed by atoms with van der Waals surface area (Å²) in [6.07, 6.45) is 1.93. The SMILES string of the molecule is C/C=C/C(=O)O[C@H](C)C(=O)Nc1cccc(Cl)c1. The average molecular weight is 268 g/mol. The van der Waals surface area contributed by atoms with Gasteiger partial charge in [-0.05, 0) is 32.0 Å². The average Bonchev–Trinajstić information content (AvgIpc) is 2.29. The largest absolute Gasteiger partial charge is 0.449 e. The number of halogens is 1. The lowest BCUT2D eigenvalue weighted by molar-refractivity contribution is -0.148. The summed E-state index contributed by atoms with van der Waals surface area (Å²) in [6, 6.07) is 6.73. The Morgan fingerprint density at radius 1 is 1.44 bits per heavy atom. The number of hydrogen-bond donors (Lipinski definition) is 1. The molecule has 0 aliphatic rings. The summed E-state index contributed by atoms with van der Waals surface area (Å²) in [6.45, 7) is 3.19. The van der Waals surface area contributed by atoms with Crippen molar-refractivity contribution in [1.82, 2.24) is 0 Å². The Balaban J connectivity index is 2.57. The van der Waals surface area contributed by atoms with Crippen LogP contribution in [0.1, 0.15) is 13.8 Å². The fourth-order valence-electron chi connectivity index (χ4n) is 1.21. The second-order valence-electron chi connectivity index (χ2n) is 3.58. The highest BCUT2D eigenvalue weighted by atomic mass is 35.5. The lowest BCUT2D eigenvalue weighted by Crippen LogP contribution is -2.29. The van der Waals surface area contributed by atoms with E-state index in [1.54, 1.807) is 37.3 Å². The van der Waals surface area contributed by atoms with E-state index >= 15 is 0 Å². The molecule has 1 aromatic carbocycles. The van der Waals surface area contributed by atoms with Gasteiger partial charge in [0, 0.05) is 16.8 Å². The fourth-order valence-corrected chi connectivity index (χ4v) is 1.40. The zero-order valence-electron chi connectivity index (χ0n) is 10.1. The van der Waals surface area contributed by atoms with Gasteiger partial charge in [0.1, 0.15) is 0 Å². The quantitative estimate of drug-likeness (QED) is 0.674. The number of esters is 1. The molecule has 0 radical (unpaired) electrons. The first-order chi connectivity index (χ1) is 8.52. The van der Waals surface area contributed by atoms with Crippen molar-refractivity contribution in [3.8, 4) is 0 Å². The van der Waals surface area contributed by atoms with E-state index in [4.69, 9.17) is 16.3 Å². The van der Waals surface area contributed by atoms with E-state index in [-0.39, 0.29) is 0 Å². The number of ether oxygens (including phenoxy) is 1. The molecule has 0 fully saturated rings. The van der Waals surface area contributed by atoms with Crippen LogP contribution in [0.4, 0.5) is 5.69 Å². The first-order valence-electron chi connectivity index (χ1n) is 5.42. The molecule has 0 saturated carbocycles. The Bertz CT molecular complexity index is 471. The molecule has 0 bridgehead atoms. The van der Waals surface area contributed by atoms with Crippen LogP contribution >= 0.6 is 11.6 Å². The number of rotatable bonds is 4. The third kappa shape index (κ3) is 4.59. The highest BCUT2D eigenvalue weighted by molar-refractivity contribution is 6.30. The van der Waals surface area contributed by atoms with E-state index in [9.17, 15) is 9.59 Å². The van der Waals surface area contributed by atoms with Crippen molar-refractivity contribution in [2.75, 3.05) is 5.32 Å². The minimum absolute atomic E-state index is 0.407. The molecule has 1 rings (SSSR count). The van der Waals surface area contributed by atoms with Crippen LogP contribution in [0.5, 0.6) is 0 Å². The van der Waals surface area contributed by atoms with Gasteiger partial charge in [-0.1, -0.05) is 23.7 Å². The van der Waals surface area contributed by atoms with E-state index < -0.39 is 18.0 Å². The number of nitrogens with one attached hydrogen (secondary N) is 1. The first kappa shape index (κ1) is 14.3. The summed E-state index contributed by atoms with van der Waals surface area (Å²) >= 11 is 5.79. The van der Waals surface area contributed by atoms with Gasteiger partial charge in [0.15, 0.2) is 6.10 Å². The van der Waals surface area contributed by atoms with Crippen LogP contribution in [0.25, 0.3) is 0 Å². The van der Waals surface area contributed by atoms with Crippen LogP contribution in [0.3, 0.4) is 0 Å². The van der Waals surface area contributed by atoms with Crippen LogP contribution in [0, 0.1) is 0 Å². The molecule has 0 aliphatic carbocycles. The van der Waals surface area contributed by atoms with Crippen LogP contribution in [0.15, 0.2) is 36.4 Å². The molecule has 0 aromatic heterocycles. The van der Waals surface area contributed by atoms with Crippen LogP contribution in [-0.2, 0) is 14.3 Å².